The number of aliphatic imine (C=N–C) groups is 2. The van der Waals surface area contributed by atoms with Gasteiger partial charge in [0, 0.05) is 11.3 Å². The third-order valence-corrected chi connectivity index (χ3v) is 5.85. The number of nitrogens with zero attached hydrogens (tertiary/aromatic N) is 3. The quantitative estimate of drug-likeness (QED) is 0.808. The number of fused-ring (bicyclic) bond motifs is 3. The Bertz CT molecular complexity index is 1000. The molecule has 2 unspecified atom stereocenters. The van der Waals surface area contributed by atoms with E-state index in [1.165, 1.54) is 11.8 Å². The second-order valence-corrected chi connectivity index (χ2v) is 8.27. The summed E-state index contributed by atoms with van der Waals surface area (Å²) < 4.78 is 0. The van der Waals surface area contributed by atoms with Gasteiger partial charge < -0.3 is 5.32 Å². The van der Waals surface area contributed by atoms with Crippen LogP contribution in [0, 0.1) is 0 Å². The van der Waals surface area contributed by atoms with E-state index < -0.39 is 5.25 Å². The Morgan fingerprint density at radius 2 is 1.90 bits per heavy atom. The summed E-state index contributed by atoms with van der Waals surface area (Å²) in [6, 6.07) is 16.6. The predicted octanol–water partition coefficient (Wildman–Crippen LogP) is 4.21. The largest absolute Gasteiger partial charge is 0.325 e. The number of carbonyl (C=O) groups is 2. The number of rotatable bonds is 5. The molecule has 2 aliphatic heterocycles. The van der Waals surface area contributed by atoms with Crippen LogP contribution in [0.15, 0.2) is 64.6 Å². The van der Waals surface area contributed by atoms with Crippen molar-refractivity contribution in [1.82, 2.24) is 4.90 Å². The van der Waals surface area contributed by atoms with E-state index in [9.17, 15) is 9.59 Å². The molecule has 0 bridgehead atoms. The summed E-state index contributed by atoms with van der Waals surface area (Å²) in [5.74, 6) is 0.425. The summed E-state index contributed by atoms with van der Waals surface area (Å²) in [6.45, 7) is 3.85. The van der Waals surface area contributed by atoms with Gasteiger partial charge in [-0.05, 0) is 37.6 Å². The summed E-state index contributed by atoms with van der Waals surface area (Å²) in [5, 5.41) is 2.97. The number of para-hydroxylation sites is 2. The van der Waals surface area contributed by atoms with Crippen LogP contribution >= 0.6 is 11.8 Å². The molecule has 0 aromatic heterocycles. The van der Waals surface area contributed by atoms with Gasteiger partial charge in [-0.15, -0.1) is 0 Å². The highest BCUT2D eigenvalue weighted by Crippen LogP contribution is 2.35. The van der Waals surface area contributed by atoms with E-state index in [4.69, 9.17) is 4.99 Å². The third-order valence-electron chi connectivity index (χ3n) is 4.80. The van der Waals surface area contributed by atoms with Crippen molar-refractivity contribution in [3.63, 3.8) is 0 Å². The highest BCUT2D eigenvalue weighted by Gasteiger charge is 2.41. The fraction of sp³-hybridized carbons (Fsp3) is 0.273. The molecule has 2 aromatic carbocycles. The summed E-state index contributed by atoms with van der Waals surface area (Å²) in [7, 11) is 0. The van der Waals surface area contributed by atoms with E-state index in [1.807, 2.05) is 68.4 Å². The molecule has 0 saturated carbocycles. The molecule has 7 heteroatoms. The molecular formula is C22H22N4O2S. The summed E-state index contributed by atoms with van der Waals surface area (Å²) in [5.41, 5.74) is 2.36. The minimum atomic E-state index is -0.432. The van der Waals surface area contributed by atoms with Crippen LogP contribution < -0.4 is 5.32 Å². The number of thioether (sulfide) groups is 1. The van der Waals surface area contributed by atoms with Gasteiger partial charge in [0.1, 0.15) is 11.9 Å². The van der Waals surface area contributed by atoms with Crippen LogP contribution in [-0.2, 0) is 9.59 Å². The molecule has 1 N–H and O–H groups in total. The number of hydrogen-bond acceptors (Lipinski definition) is 5. The molecule has 2 heterocycles. The van der Waals surface area contributed by atoms with E-state index in [1.54, 1.807) is 4.90 Å². The molecule has 0 fully saturated rings. The number of carbonyl (C=O) groups excluding carboxylic acids is 2. The Morgan fingerprint density at radius 3 is 2.66 bits per heavy atom. The van der Waals surface area contributed by atoms with Gasteiger partial charge in [0.05, 0.1) is 10.9 Å². The molecule has 4 rings (SSSR count). The van der Waals surface area contributed by atoms with Crippen LogP contribution in [0.2, 0.25) is 0 Å². The Balaban J connectivity index is 1.59. The first-order valence-corrected chi connectivity index (χ1v) is 10.6. The minimum absolute atomic E-state index is 0.0710. The summed E-state index contributed by atoms with van der Waals surface area (Å²) in [6.07, 6.45) is 1.57. The number of hydrogen-bond donors (Lipinski definition) is 1. The van der Waals surface area contributed by atoms with Crippen LogP contribution in [0.4, 0.5) is 11.4 Å². The van der Waals surface area contributed by atoms with Gasteiger partial charge in [0.2, 0.25) is 5.91 Å². The zero-order chi connectivity index (χ0) is 20.4. The molecule has 2 aromatic rings. The van der Waals surface area contributed by atoms with Crippen molar-refractivity contribution in [2.75, 3.05) is 5.32 Å². The molecule has 0 aliphatic carbocycles. The van der Waals surface area contributed by atoms with Gasteiger partial charge in [-0.25, -0.2) is 9.89 Å². The monoisotopic (exact) mass is 406 g/mol. The lowest BCUT2D eigenvalue weighted by molar-refractivity contribution is -0.124. The van der Waals surface area contributed by atoms with Crippen molar-refractivity contribution < 1.29 is 9.59 Å². The highest BCUT2D eigenvalue weighted by atomic mass is 32.2. The second kappa shape index (κ2) is 8.21. The van der Waals surface area contributed by atoms with Crippen LogP contribution in [-0.4, -0.2) is 39.0 Å². The predicted molar refractivity (Wildman–Crippen MR) is 118 cm³/mol. The maximum absolute atomic E-state index is 13.0. The fourth-order valence-corrected chi connectivity index (χ4v) is 4.23. The fourth-order valence-electron chi connectivity index (χ4n) is 3.32. The molecule has 0 radical (unpaired) electrons. The number of nitrogens with one attached hydrogen (secondary N) is 1. The smallest absolute Gasteiger partial charge is 0.259 e. The Hall–Kier alpha value is -2.93. The average Bonchev–Trinajstić information content (AvgIpc) is 3.06. The van der Waals surface area contributed by atoms with Crippen LogP contribution in [0.25, 0.3) is 0 Å². The van der Waals surface area contributed by atoms with Crippen molar-refractivity contribution in [2.24, 2.45) is 9.98 Å². The zero-order valence-corrected chi connectivity index (χ0v) is 17.1. The van der Waals surface area contributed by atoms with Gasteiger partial charge in [-0.1, -0.05) is 55.4 Å². The summed E-state index contributed by atoms with van der Waals surface area (Å²) >= 11 is 1.27. The maximum atomic E-state index is 13.0. The molecule has 2 amide bonds. The SMILES string of the molecule is CCCC1N=C2c3ccccc3N=C(SC(C)C(=O)Nc3ccccc3)N2C1=O. The normalized spacial score (nSPS) is 18.5. The van der Waals surface area contributed by atoms with Crippen molar-refractivity contribution in [3.05, 3.63) is 60.2 Å². The van der Waals surface area contributed by atoms with E-state index in [0.29, 0.717) is 17.4 Å². The number of amides is 2. The van der Waals surface area contributed by atoms with Crippen LogP contribution in [0.3, 0.4) is 0 Å². The Morgan fingerprint density at radius 1 is 1.17 bits per heavy atom. The lowest BCUT2D eigenvalue weighted by Crippen LogP contribution is -2.42. The van der Waals surface area contributed by atoms with Crippen molar-refractivity contribution in [2.45, 2.75) is 38.0 Å². The van der Waals surface area contributed by atoms with Crippen molar-refractivity contribution in [3.8, 4) is 0 Å². The molecular weight excluding hydrogens is 384 g/mol. The van der Waals surface area contributed by atoms with Gasteiger partial charge >= 0.3 is 0 Å². The summed E-state index contributed by atoms with van der Waals surface area (Å²) in [4.78, 5) is 36.6. The van der Waals surface area contributed by atoms with Crippen LogP contribution in [0.5, 0.6) is 0 Å². The Labute approximate surface area is 174 Å². The van der Waals surface area contributed by atoms with Crippen molar-refractivity contribution in [1.29, 1.82) is 0 Å². The second-order valence-electron chi connectivity index (χ2n) is 6.96. The van der Waals surface area contributed by atoms with E-state index >= 15 is 0 Å². The molecule has 148 valence electrons. The van der Waals surface area contributed by atoms with Gasteiger partial charge in [-0.3, -0.25) is 14.6 Å². The molecule has 2 aliphatic rings. The standard InChI is InChI=1S/C22H22N4O2S/c1-3-9-18-21(28)26-19(24-18)16-12-7-8-13-17(16)25-22(26)29-14(2)20(27)23-15-10-5-4-6-11-15/h4-8,10-14,18H,3,9H2,1-2H3,(H,23,27). The highest BCUT2D eigenvalue weighted by molar-refractivity contribution is 8.15. The van der Waals surface area contributed by atoms with E-state index in [0.717, 1.165) is 23.4 Å². The minimum Gasteiger partial charge on any atom is -0.325 e. The van der Waals surface area contributed by atoms with Gasteiger partial charge in [0.25, 0.3) is 5.91 Å². The van der Waals surface area contributed by atoms with E-state index in [2.05, 4.69) is 10.3 Å². The number of benzene rings is 2. The van der Waals surface area contributed by atoms with Gasteiger partial charge in [0.15, 0.2) is 5.17 Å². The molecule has 0 saturated heterocycles. The number of amidine groups is 2. The molecule has 29 heavy (non-hydrogen) atoms. The average molecular weight is 407 g/mol. The topological polar surface area (TPSA) is 74.1 Å². The van der Waals surface area contributed by atoms with Gasteiger partial charge in [-0.2, -0.15) is 0 Å². The zero-order valence-electron chi connectivity index (χ0n) is 16.3. The first kappa shape index (κ1) is 19.4. The first-order valence-electron chi connectivity index (χ1n) is 9.71. The maximum Gasteiger partial charge on any atom is 0.259 e. The van der Waals surface area contributed by atoms with Crippen LogP contribution in [0.1, 0.15) is 32.3 Å². The molecule has 2 atom stereocenters. The Kier molecular flexibility index (Phi) is 5.49. The third kappa shape index (κ3) is 3.82. The van der Waals surface area contributed by atoms with Crippen molar-refractivity contribution >= 4 is 46.0 Å². The first-order chi connectivity index (χ1) is 14.1. The number of anilines is 1. The molecule has 0 spiro atoms. The molecule has 6 nitrogen and oxygen atoms in total. The van der Waals surface area contributed by atoms with E-state index in [-0.39, 0.29) is 17.9 Å². The lowest BCUT2D eigenvalue weighted by Gasteiger charge is -2.26. The lowest BCUT2D eigenvalue weighted by atomic mass is 10.1.